The number of H-pyrrole nitrogens is 1. The molecular weight excluding hydrogens is 216 g/mol. The van der Waals surface area contributed by atoms with E-state index in [9.17, 15) is 8.78 Å². The predicted molar refractivity (Wildman–Crippen MR) is 54.9 cm³/mol. The maximum absolute atomic E-state index is 13.4. The average Bonchev–Trinajstić information content (AvgIpc) is 2.64. The van der Waals surface area contributed by atoms with Crippen LogP contribution in [0.4, 0.5) is 14.6 Å². The van der Waals surface area contributed by atoms with Crippen LogP contribution in [-0.2, 0) is 0 Å². The van der Waals surface area contributed by atoms with E-state index in [0.29, 0.717) is 11.1 Å². The van der Waals surface area contributed by atoms with Gasteiger partial charge in [-0.3, -0.25) is 5.10 Å². The Labute approximate surface area is 90.0 Å². The van der Waals surface area contributed by atoms with Gasteiger partial charge in [-0.1, -0.05) is 0 Å². The fourth-order valence-corrected chi connectivity index (χ4v) is 1.44. The average molecular weight is 225 g/mol. The molecule has 84 valence electrons. The highest BCUT2D eigenvalue weighted by atomic mass is 19.1. The molecule has 1 aromatic carbocycles. The van der Waals surface area contributed by atoms with Gasteiger partial charge < -0.3 is 10.5 Å². The first kappa shape index (κ1) is 10.4. The number of hydrogen-bond donors (Lipinski definition) is 2. The van der Waals surface area contributed by atoms with Crippen molar-refractivity contribution in [2.45, 2.75) is 0 Å². The fourth-order valence-electron chi connectivity index (χ4n) is 1.44. The summed E-state index contributed by atoms with van der Waals surface area (Å²) < 4.78 is 31.4. The van der Waals surface area contributed by atoms with Crippen LogP contribution in [0.2, 0.25) is 0 Å². The van der Waals surface area contributed by atoms with E-state index >= 15 is 0 Å². The molecule has 0 aliphatic carbocycles. The number of nitrogens with one attached hydrogen (secondary N) is 1. The third kappa shape index (κ3) is 1.58. The van der Waals surface area contributed by atoms with E-state index in [1.807, 2.05) is 0 Å². The van der Waals surface area contributed by atoms with Crippen LogP contribution in [0.15, 0.2) is 18.3 Å². The number of halogens is 2. The smallest absolute Gasteiger partial charge is 0.190 e. The minimum atomic E-state index is -0.780. The van der Waals surface area contributed by atoms with Crippen molar-refractivity contribution in [2.24, 2.45) is 0 Å². The number of ether oxygens (including phenoxy) is 1. The number of nitrogen functional groups attached to an aromatic ring is 1. The van der Waals surface area contributed by atoms with Crippen LogP contribution in [0.1, 0.15) is 0 Å². The third-order valence-electron chi connectivity index (χ3n) is 2.18. The molecule has 1 aromatic heterocycles. The van der Waals surface area contributed by atoms with Gasteiger partial charge in [-0.15, -0.1) is 0 Å². The number of anilines is 1. The molecule has 0 amide bonds. The molecule has 1 heterocycles. The Morgan fingerprint density at radius 2 is 1.94 bits per heavy atom. The highest BCUT2D eigenvalue weighted by Gasteiger charge is 2.14. The first-order valence-corrected chi connectivity index (χ1v) is 4.45. The van der Waals surface area contributed by atoms with Crippen molar-refractivity contribution in [3.05, 3.63) is 30.0 Å². The van der Waals surface area contributed by atoms with Crippen LogP contribution >= 0.6 is 0 Å². The van der Waals surface area contributed by atoms with Crippen molar-refractivity contribution in [1.82, 2.24) is 10.2 Å². The van der Waals surface area contributed by atoms with Crippen LogP contribution in [0.25, 0.3) is 11.1 Å². The van der Waals surface area contributed by atoms with E-state index in [2.05, 4.69) is 14.9 Å². The summed E-state index contributed by atoms with van der Waals surface area (Å²) in [5, 5.41) is 6.16. The van der Waals surface area contributed by atoms with Gasteiger partial charge in [0.1, 0.15) is 5.82 Å². The SMILES string of the molecule is COc1c(F)cc(-c2cn[nH]c2N)cc1F. The van der Waals surface area contributed by atoms with Crippen molar-refractivity contribution >= 4 is 5.82 Å². The Morgan fingerprint density at radius 1 is 1.31 bits per heavy atom. The summed E-state index contributed by atoms with van der Waals surface area (Å²) in [6, 6.07) is 2.28. The Balaban J connectivity index is 2.57. The van der Waals surface area contributed by atoms with Gasteiger partial charge in [0.05, 0.1) is 13.3 Å². The number of nitrogens with two attached hydrogens (primary N) is 1. The minimum Gasteiger partial charge on any atom is -0.491 e. The van der Waals surface area contributed by atoms with Crippen molar-refractivity contribution in [1.29, 1.82) is 0 Å². The summed E-state index contributed by atoms with van der Waals surface area (Å²) in [5.74, 6) is -1.72. The van der Waals surface area contributed by atoms with E-state index in [4.69, 9.17) is 5.73 Å². The lowest BCUT2D eigenvalue weighted by molar-refractivity contribution is 0.360. The Kier molecular flexibility index (Phi) is 2.47. The molecule has 0 fully saturated rings. The second-order valence-corrected chi connectivity index (χ2v) is 3.17. The van der Waals surface area contributed by atoms with Crippen molar-refractivity contribution in [3.8, 4) is 16.9 Å². The highest BCUT2D eigenvalue weighted by Crippen LogP contribution is 2.30. The normalized spacial score (nSPS) is 10.4. The Morgan fingerprint density at radius 3 is 2.38 bits per heavy atom. The zero-order chi connectivity index (χ0) is 11.7. The summed E-state index contributed by atoms with van der Waals surface area (Å²) in [6.45, 7) is 0. The summed E-state index contributed by atoms with van der Waals surface area (Å²) in [6.07, 6.45) is 1.40. The molecular formula is C10H9F2N3O. The molecule has 3 N–H and O–H groups in total. The zero-order valence-corrected chi connectivity index (χ0v) is 8.42. The fraction of sp³-hybridized carbons (Fsp3) is 0.100. The summed E-state index contributed by atoms with van der Waals surface area (Å²) in [7, 11) is 1.20. The molecule has 6 heteroatoms. The molecule has 0 saturated carbocycles. The highest BCUT2D eigenvalue weighted by molar-refractivity contribution is 5.73. The van der Waals surface area contributed by atoms with Crippen LogP contribution in [0.3, 0.4) is 0 Å². The zero-order valence-electron chi connectivity index (χ0n) is 8.42. The molecule has 2 aromatic rings. The first-order valence-electron chi connectivity index (χ1n) is 4.45. The molecule has 16 heavy (non-hydrogen) atoms. The first-order chi connectivity index (χ1) is 7.63. The number of aromatic amines is 1. The van der Waals surface area contributed by atoms with Gasteiger partial charge in [0.15, 0.2) is 17.4 Å². The lowest BCUT2D eigenvalue weighted by Gasteiger charge is -2.06. The molecule has 0 radical (unpaired) electrons. The van der Waals surface area contributed by atoms with Gasteiger partial charge in [0.25, 0.3) is 0 Å². The molecule has 0 aliphatic heterocycles. The van der Waals surface area contributed by atoms with Gasteiger partial charge in [-0.2, -0.15) is 5.10 Å². The summed E-state index contributed by atoms with van der Waals surface area (Å²) >= 11 is 0. The number of methoxy groups -OCH3 is 1. The molecule has 4 nitrogen and oxygen atoms in total. The number of rotatable bonds is 2. The Bertz CT molecular complexity index is 502. The van der Waals surface area contributed by atoms with Crippen molar-refractivity contribution in [2.75, 3.05) is 12.8 Å². The maximum atomic E-state index is 13.4. The van der Waals surface area contributed by atoms with Gasteiger partial charge in [0.2, 0.25) is 0 Å². The topological polar surface area (TPSA) is 63.9 Å². The second kappa shape index (κ2) is 3.80. The van der Waals surface area contributed by atoms with Gasteiger partial charge >= 0.3 is 0 Å². The van der Waals surface area contributed by atoms with Crippen LogP contribution in [0.5, 0.6) is 5.75 Å². The maximum Gasteiger partial charge on any atom is 0.190 e. The van der Waals surface area contributed by atoms with Crippen LogP contribution in [-0.4, -0.2) is 17.3 Å². The predicted octanol–water partition coefficient (Wildman–Crippen LogP) is 1.95. The van der Waals surface area contributed by atoms with Crippen LogP contribution in [0, 0.1) is 11.6 Å². The number of hydrogen-bond acceptors (Lipinski definition) is 3. The molecule has 0 aliphatic rings. The molecule has 2 rings (SSSR count). The largest absolute Gasteiger partial charge is 0.491 e. The monoisotopic (exact) mass is 225 g/mol. The number of benzene rings is 1. The van der Waals surface area contributed by atoms with Gasteiger partial charge in [-0.25, -0.2) is 8.78 Å². The van der Waals surface area contributed by atoms with Crippen molar-refractivity contribution < 1.29 is 13.5 Å². The van der Waals surface area contributed by atoms with Crippen molar-refractivity contribution in [3.63, 3.8) is 0 Å². The summed E-state index contributed by atoms with van der Waals surface area (Å²) in [4.78, 5) is 0. The second-order valence-electron chi connectivity index (χ2n) is 3.17. The molecule has 0 atom stereocenters. The van der Waals surface area contributed by atoms with Gasteiger partial charge in [0, 0.05) is 5.56 Å². The van der Waals surface area contributed by atoms with E-state index in [0.717, 1.165) is 12.1 Å². The molecule has 0 spiro atoms. The van der Waals surface area contributed by atoms with Gasteiger partial charge in [-0.05, 0) is 17.7 Å². The Hall–Kier alpha value is -2.11. The number of aromatic nitrogens is 2. The molecule has 0 bridgehead atoms. The quantitative estimate of drug-likeness (QED) is 0.820. The molecule has 0 unspecified atom stereocenters. The lowest BCUT2D eigenvalue weighted by Crippen LogP contribution is -1.94. The van der Waals surface area contributed by atoms with E-state index in [-0.39, 0.29) is 5.82 Å². The van der Waals surface area contributed by atoms with Crippen LogP contribution < -0.4 is 10.5 Å². The molecule has 0 saturated heterocycles. The lowest BCUT2D eigenvalue weighted by atomic mass is 10.1. The third-order valence-corrected chi connectivity index (χ3v) is 2.18. The van der Waals surface area contributed by atoms with E-state index in [1.54, 1.807) is 0 Å². The van der Waals surface area contributed by atoms with E-state index < -0.39 is 17.4 Å². The summed E-state index contributed by atoms with van der Waals surface area (Å²) in [5.41, 5.74) is 6.30. The van der Waals surface area contributed by atoms with E-state index in [1.165, 1.54) is 13.3 Å². The minimum absolute atomic E-state index is 0.254. The standard InChI is InChI=1S/C10H9F2N3O/c1-16-9-7(11)2-5(3-8(9)12)6-4-14-15-10(6)13/h2-4H,1H3,(H3,13,14,15). The number of nitrogens with zero attached hydrogens (tertiary/aromatic N) is 1.